The number of anilines is 1. The van der Waals surface area contributed by atoms with Crippen molar-refractivity contribution in [3.63, 3.8) is 0 Å². The van der Waals surface area contributed by atoms with Gasteiger partial charge in [0, 0.05) is 15.2 Å². The summed E-state index contributed by atoms with van der Waals surface area (Å²) in [5, 5.41) is 12.8. The van der Waals surface area contributed by atoms with Crippen molar-refractivity contribution in [3.05, 3.63) is 90.8 Å². The van der Waals surface area contributed by atoms with Crippen molar-refractivity contribution >= 4 is 61.1 Å². The Hall–Kier alpha value is -2.79. The molecule has 0 aromatic heterocycles. The Morgan fingerprint density at radius 1 is 1.15 bits per heavy atom. The molecule has 33 heavy (non-hydrogen) atoms. The second kappa shape index (κ2) is 11.4. The molecule has 0 spiro atoms. The maximum Gasteiger partial charge on any atom is 0.266 e. The standard InChI is InChI=1S/C25H19Br2ClN2O3/c1-15-3-8-20(12-22(15)28)30-25(31)18(13-29)9-17-10-21(27)24(23(11-17)32-2)33-14-16-4-6-19(26)7-5-16/h3-12H,14H2,1-2H3,(H,30,31)/b18-9-. The molecule has 1 N–H and O–H groups in total. The number of benzene rings is 3. The van der Waals surface area contributed by atoms with Crippen LogP contribution in [0.25, 0.3) is 6.08 Å². The maximum absolute atomic E-state index is 12.6. The maximum atomic E-state index is 12.6. The summed E-state index contributed by atoms with van der Waals surface area (Å²) < 4.78 is 13.1. The van der Waals surface area contributed by atoms with Crippen molar-refractivity contribution in [1.82, 2.24) is 0 Å². The van der Waals surface area contributed by atoms with E-state index in [1.807, 2.05) is 37.3 Å². The first-order valence-electron chi connectivity index (χ1n) is 9.74. The van der Waals surface area contributed by atoms with Crippen LogP contribution in [-0.2, 0) is 11.4 Å². The lowest BCUT2D eigenvalue weighted by Gasteiger charge is -2.14. The summed E-state index contributed by atoms with van der Waals surface area (Å²) in [5.74, 6) is 0.452. The first-order chi connectivity index (χ1) is 15.8. The molecule has 1 amide bonds. The van der Waals surface area contributed by atoms with Gasteiger partial charge in [-0.05, 0) is 82.0 Å². The molecule has 8 heteroatoms. The number of carbonyl (C=O) groups is 1. The van der Waals surface area contributed by atoms with Gasteiger partial charge in [0.2, 0.25) is 0 Å². The monoisotopic (exact) mass is 588 g/mol. The van der Waals surface area contributed by atoms with E-state index in [2.05, 4.69) is 37.2 Å². The zero-order valence-corrected chi connectivity index (χ0v) is 21.7. The van der Waals surface area contributed by atoms with Crippen LogP contribution in [0.2, 0.25) is 5.02 Å². The minimum absolute atomic E-state index is 0.0656. The van der Waals surface area contributed by atoms with E-state index >= 15 is 0 Å². The molecule has 0 heterocycles. The van der Waals surface area contributed by atoms with Crippen molar-refractivity contribution in [2.75, 3.05) is 12.4 Å². The number of methoxy groups -OCH3 is 1. The van der Waals surface area contributed by atoms with Gasteiger partial charge in [0.1, 0.15) is 18.2 Å². The fourth-order valence-corrected chi connectivity index (χ4v) is 3.90. The van der Waals surface area contributed by atoms with Crippen LogP contribution in [0, 0.1) is 18.3 Å². The van der Waals surface area contributed by atoms with E-state index in [0.717, 1.165) is 15.6 Å². The summed E-state index contributed by atoms with van der Waals surface area (Å²) in [7, 11) is 1.53. The largest absolute Gasteiger partial charge is 0.493 e. The Bertz CT molecular complexity index is 1250. The molecule has 0 aliphatic heterocycles. The lowest BCUT2D eigenvalue weighted by atomic mass is 10.1. The van der Waals surface area contributed by atoms with Crippen LogP contribution in [-0.4, -0.2) is 13.0 Å². The minimum Gasteiger partial charge on any atom is -0.493 e. The summed E-state index contributed by atoms with van der Waals surface area (Å²) in [5.41, 5.74) is 2.93. The molecule has 0 aliphatic carbocycles. The normalized spacial score (nSPS) is 11.0. The smallest absolute Gasteiger partial charge is 0.266 e. The quantitative estimate of drug-likeness (QED) is 0.231. The molecule has 5 nitrogen and oxygen atoms in total. The molecule has 0 radical (unpaired) electrons. The van der Waals surface area contributed by atoms with Crippen LogP contribution < -0.4 is 14.8 Å². The van der Waals surface area contributed by atoms with Crippen molar-refractivity contribution in [2.45, 2.75) is 13.5 Å². The first-order valence-corrected chi connectivity index (χ1v) is 11.7. The molecule has 168 valence electrons. The summed E-state index contributed by atoms with van der Waals surface area (Å²) in [6.45, 7) is 2.22. The number of nitriles is 1. The van der Waals surface area contributed by atoms with E-state index in [0.29, 0.717) is 38.9 Å². The van der Waals surface area contributed by atoms with E-state index in [1.165, 1.54) is 13.2 Å². The van der Waals surface area contributed by atoms with Crippen molar-refractivity contribution < 1.29 is 14.3 Å². The Kier molecular flexibility index (Phi) is 8.56. The molecule has 0 aliphatic rings. The predicted octanol–water partition coefficient (Wildman–Crippen LogP) is 7.31. The number of ether oxygens (including phenoxy) is 2. The van der Waals surface area contributed by atoms with Crippen LogP contribution in [0.1, 0.15) is 16.7 Å². The van der Waals surface area contributed by atoms with Crippen molar-refractivity contribution in [2.24, 2.45) is 0 Å². The molecular weight excluding hydrogens is 572 g/mol. The van der Waals surface area contributed by atoms with Gasteiger partial charge in [0.15, 0.2) is 11.5 Å². The molecule has 3 rings (SSSR count). The van der Waals surface area contributed by atoms with Gasteiger partial charge in [-0.15, -0.1) is 0 Å². The van der Waals surface area contributed by atoms with Gasteiger partial charge in [0.05, 0.1) is 11.6 Å². The second-order valence-electron chi connectivity index (χ2n) is 7.04. The minimum atomic E-state index is -0.539. The number of aryl methyl sites for hydroxylation is 1. The average molecular weight is 591 g/mol. The van der Waals surface area contributed by atoms with Crippen molar-refractivity contribution in [1.29, 1.82) is 5.26 Å². The Morgan fingerprint density at radius 3 is 2.52 bits per heavy atom. The van der Waals surface area contributed by atoms with Crippen molar-refractivity contribution in [3.8, 4) is 17.6 Å². The van der Waals surface area contributed by atoms with Crippen LogP contribution in [0.5, 0.6) is 11.5 Å². The lowest BCUT2D eigenvalue weighted by molar-refractivity contribution is -0.112. The van der Waals surface area contributed by atoms with Gasteiger partial charge in [-0.3, -0.25) is 4.79 Å². The number of hydrogen-bond acceptors (Lipinski definition) is 4. The molecule has 0 bridgehead atoms. The second-order valence-corrected chi connectivity index (χ2v) is 9.21. The number of nitrogens with one attached hydrogen (secondary N) is 1. The Labute approximate surface area is 214 Å². The third kappa shape index (κ3) is 6.61. The topological polar surface area (TPSA) is 71.3 Å². The lowest BCUT2D eigenvalue weighted by Crippen LogP contribution is -2.13. The average Bonchev–Trinajstić information content (AvgIpc) is 2.79. The zero-order chi connectivity index (χ0) is 24.0. The van der Waals surface area contributed by atoms with Gasteiger partial charge in [-0.2, -0.15) is 5.26 Å². The van der Waals surface area contributed by atoms with E-state index in [9.17, 15) is 10.1 Å². The number of hydrogen-bond donors (Lipinski definition) is 1. The third-order valence-corrected chi connectivity index (χ3v) is 6.18. The van der Waals surface area contributed by atoms with E-state index in [4.69, 9.17) is 21.1 Å². The highest BCUT2D eigenvalue weighted by Gasteiger charge is 2.15. The molecule has 3 aromatic carbocycles. The van der Waals surface area contributed by atoms with E-state index < -0.39 is 5.91 Å². The SMILES string of the molecule is COc1cc(/C=C(/C#N)C(=O)Nc2ccc(C)c(Cl)c2)cc(Br)c1OCc1ccc(Br)cc1. The first kappa shape index (κ1) is 24.8. The molecule has 0 unspecified atom stereocenters. The van der Waals surface area contributed by atoms with E-state index in [1.54, 1.807) is 30.3 Å². The summed E-state index contributed by atoms with van der Waals surface area (Å²) in [6.07, 6.45) is 1.48. The van der Waals surface area contributed by atoms with Crippen LogP contribution in [0.3, 0.4) is 0 Å². The summed E-state index contributed by atoms with van der Waals surface area (Å²) >= 11 is 13.0. The van der Waals surface area contributed by atoms with E-state index in [-0.39, 0.29) is 5.57 Å². The number of amides is 1. The molecular formula is C25H19Br2ClN2O3. The fraction of sp³-hybridized carbons (Fsp3) is 0.120. The van der Waals surface area contributed by atoms with Gasteiger partial charge in [-0.1, -0.05) is 45.7 Å². The number of rotatable bonds is 7. The summed E-state index contributed by atoms with van der Waals surface area (Å²) in [4.78, 5) is 12.6. The molecule has 0 fully saturated rings. The molecule has 3 aromatic rings. The van der Waals surface area contributed by atoms with Gasteiger partial charge in [0.25, 0.3) is 5.91 Å². The van der Waals surface area contributed by atoms with Crippen LogP contribution >= 0.6 is 43.5 Å². The third-order valence-electron chi connectivity index (χ3n) is 4.65. The number of carbonyl (C=O) groups excluding carboxylic acids is 1. The van der Waals surface area contributed by atoms with Crippen LogP contribution in [0.15, 0.2) is 69.1 Å². The number of nitrogens with zero attached hydrogens (tertiary/aromatic N) is 1. The molecule has 0 saturated heterocycles. The molecule has 0 saturated carbocycles. The summed E-state index contributed by atoms with van der Waals surface area (Å²) in [6, 6.07) is 18.4. The van der Waals surface area contributed by atoms with Gasteiger partial charge < -0.3 is 14.8 Å². The Morgan fingerprint density at radius 2 is 1.88 bits per heavy atom. The zero-order valence-electron chi connectivity index (χ0n) is 17.8. The van der Waals surface area contributed by atoms with Gasteiger partial charge >= 0.3 is 0 Å². The highest BCUT2D eigenvalue weighted by Crippen LogP contribution is 2.38. The highest BCUT2D eigenvalue weighted by atomic mass is 79.9. The predicted molar refractivity (Wildman–Crippen MR) is 138 cm³/mol. The Balaban J connectivity index is 1.81. The number of halogens is 3. The fourth-order valence-electron chi connectivity index (χ4n) is 2.88. The van der Waals surface area contributed by atoms with Gasteiger partial charge in [-0.25, -0.2) is 0 Å². The highest BCUT2D eigenvalue weighted by molar-refractivity contribution is 9.10. The molecule has 0 atom stereocenters. The van der Waals surface area contributed by atoms with Crippen LogP contribution in [0.4, 0.5) is 5.69 Å².